The van der Waals surface area contributed by atoms with Gasteiger partial charge in [-0.05, 0) is 55.2 Å². The highest BCUT2D eigenvalue weighted by Crippen LogP contribution is 2.21. The van der Waals surface area contributed by atoms with Crippen molar-refractivity contribution in [2.24, 2.45) is 5.92 Å². The molecule has 1 aliphatic heterocycles. The van der Waals surface area contributed by atoms with Gasteiger partial charge >= 0.3 is 5.97 Å². The van der Waals surface area contributed by atoms with Crippen molar-refractivity contribution < 1.29 is 13.9 Å². The molecule has 0 aromatic heterocycles. The average Bonchev–Trinajstić information content (AvgIpc) is 2.63. The lowest BCUT2D eigenvalue weighted by Crippen LogP contribution is -2.37. The van der Waals surface area contributed by atoms with E-state index in [0.717, 1.165) is 42.4 Å². The second-order valence-corrected chi connectivity index (χ2v) is 6.76. The molecule has 0 aliphatic carbocycles. The average molecular weight is 357 g/mol. The molecular formula is C20H20FNO2S. The van der Waals surface area contributed by atoms with Gasteiger partial charge in [0, 0.05) is 18.7 Å². The molecule has 5 heteroatoms. The number of rotatable bonds is 3. The van der Waals surface area contributed by atoms with E-state index in [-0.39, 0.29) is 5.56 Å². The van der Waals surface area contributed by atoms with E-state index in [1.165, 1.54) is 18.2 Å². The number of piperidine rings is 1. The van der Waals surface area contributed by atoms with E-state index in [0.29, 0.717) is 5.75 Å². The van der Waals surface area contributed by atoms with Crippen LogP contribution in [-0.4, -0.2) is 28.9 Å². The van der Waals surface area contributed by atoms with Crippen molar-refractivity contribution in [2.75, 3.05) is 13.1 Å². The highest BCUT2D eigenvalue weighted by atomic mass is 32.1. The predicted octanol–water partition coefficient (Wildman–Crippen LogP) is 4.45. The smallest absolute Gasteiger partial charge is 0.346 e. The molecule has 1 fully saturated rings. The highest BCUT2D eigenvalue weighted by Gasteiger charge is 2.19. The minimum absolute atomic E-state index is 0.0791. The number of nitrogens with zero attached hydrogens (tertiary/aromatic N) is 1. The lowest BCUT2D eigenvalue weighted by Gasteiger charge is -2.32. The third kappa shape index (κ3) is 4.23. The molecular weight excluding hydrogens is 337 g/mol. The third-order valence-electron chi connectivity index (χ3n) is 4.48. The zero-order valence-electron chi connectivity index (χ0n) is 14.1. The number of hydrogen-bond donors (Lipinski definition) is 0. The summed E-state index contributed by atoms with van der Waals surface area (Å²) in [7, 11) is 0. The highest BCUT2D eigenvalue weighted by molar-refractivity contribution is 7.80. The van der Waals surface area contributed by atoms with Gasteiger partial charge in [-0.15, -0.1) is 0 Å². The van der Waals surface area contributed by atoms with Crippen LogP contribution in [0.3, 0.4) is 0 Å². The van der Waals surface area contributed by atoms with Gasteiger partial charge < -0.3 is 9.64 Å². The van der Waals surface area contributed by atoms with Crippen molar-refractivity contribution in [1.82, 2.24) is 4.90 Å². The van der Waals surface area contributed by atoms with Crippen LogP contribution in [0.25, 0.3) is 0 Å². The van der Waals surface area contributed by atoms with Crippen LogP contribution in [0.4, 0.5) is 4.39 Å². The summed E-state index contributed by atoms with van der Waals surface area (Å²) in [5.74, 6) is -0.186. The van der Waals surface area contributed by atoms with Gasteiger partial charge in [0.05, 0.1) is 5.56 Å². The molecule has 0 amide bonds. The number of carbonyl (C=O) groups is 1. The minimum Gasteiger partial charge on any atom is -0.423 e. The van der Waals surface area contributed by atoms with E-state index in [1.807, 2.05) is 12.1 Å². The van der Waals surface area contributed by atoms with Gasteiger partial charge in [0.15, 0.2) is 0 Å². The normalized spacial score (nSPS) is 15.0. The Kier molecular flexibility index (Phi) is 5.43. The van der Waals surface area contributed by atoms with Crippen molar-refractivity contribution in [1.29, 1.82) is 0 Å². The number of hydrogen-bond acceptors (Lipinski definition) is 3. The Labute approximate surface area is 152 Å². The first-order valence-corrected chi connectivity index (χ1v) is 8.81. The van der Waals surface area contributed by atoms with Crippen LogP contribution in [0, 0.1) is 11.7 Å². The zero-order chi connectivity index (χ0) is 17.8. The number of halogens is 1. The van der Waals surface area contributed by atoms with Crippen molar-refractivity contribution in [2.45, 2.75) is 19.8 Å². The Balaban J connectivity index is 1.65. The number of benzene rings is 2. The van der Waals surface area contributed by atoms with Gasteiger partial charge in [0.2, 0.25) is 0 Å². The summed E-state index contributed by atoms with van der Waals surface area (Å²) >= 11 is 5.57. The lowest BCUT2D eigenvalue weighted by molar-refractivity contribution is 0.0730. The summed E-state index contributed by atoms with van der Waals surface area (Å²) in [5, 5.41) is 0. The monoisotopic (exact) mass is 357 g/mol. The topological polar surface area (TPSA) is 29.5 Å². The Bertz CT molecular complexity index is 768. The summed E-state index contributed by atoms with van der Waals surface area (Å²) in [6.07, 6.45) is 2.30. The maximum absolute atomic E-state index is 13.6. The molecule has 3 rings (SSSR count). The quantitative estimate of drug-likeness (QED) is 0.461. The molecule has 0 unspecified atom stereocenters. The minimum atomic E-state index is -0.710. The lowest BCUT2D eigenvalue weighted by atomic mass is 9.99. The summed E-state index contributed by atoms with van der Waals surface area (Å²) in [5.41, 5.74) is 0.847. The van der Waals surface area contributed by atoms with Crippen LogP contribution in [-0.2, 0) is 0 Å². The van der Waals surface area contributed by atoms with Crippen LogP contribution >= 0.6 is 12.2 Å². The fourth-order valence-electron chi connectivity index (χ4n) is 2.85. The van der Waals surface area contributed by atoms with Crippen molar-refractivity contribution in [3.8, 4) is 5.75 Å². The molecule has 1 heterocycles. The first-order chi connectivity index (χ1) is 12.0. The van der Waals surface area contributed by atoms with Gasteiger partial charge in [-0.3, -0.25) is 0 Å². The SMILES string of the molecule is CC1CCN(C(=S)c2ccc(OC(=O)c3ccccc3F)cc2)CC1. The van der Waals surface area contributed by atoms with Crippen LogP contribution in [0.5, 0.6) is 5.75 Å². The zero-order valence-corrected chi connectivity index (χ0v) is 14.9. The molecule has 130 valence electrons. The van der Waals surface area contributed by atoms with Crippen LogP contribution in [0.1, 0.15) is 35.7 Å². The van der Waals surface area contributed by atoms with Crippen molar-refractivity contribution in [3.63, 3.8) is 0 Å². The van der Waals surface area contributed by atoms with Crippen molar-refractivity contribution >= 4 is 23.2 Å². The van der Waals surface area contributed by atoms with Gasteiger partial charge in [-0.25, -0.2) is 9.18 Å². The standard InChI is InChI=1S/C20H20FNO2S/c1-14-10-12-22(13-11-14)19(25)15-6-8-16(9-7-15)24-20(23)17-4-2-3-5-18(17)21/h2-9,14H,10-13H2,1H3. The molecule has 0 N–H and O–H groups in total. The summed E-state index contributed by atoms with van der Waals surface area (Å²) in [4.78, 5) is 15.1. The fourth-order valence-corrected chi connectivity index (χ4v) is 3.17. The van der Waals surface area contributed by atoms with E-state index in [4.69, 9.17) is 17.0 Å². The second-order valence-electron chi connectivity index (χ2n) is 6.37. The third-order valence-corrected chi connectivity index (χ3v) is 4.97. The Morgan fingerprint density at radius 1 is 1.12 bits per heavy atom. The van der Waals surface area contributed by atoms with E-state index in [2.05, 4.69) is 11.8 Å². The molecule has 0 saturated carbocycles. The van der Waals surface area contributed by atoms with E-state index in [9.17, 15) is 9.18 Å². The van der Waals surface area contributed by atoms with Gasteiger partial charge in [0.25, 0.3) is 0 Å². The van der Waals surface area contributed by atoms with Gasteiger partial charge in [-0.2, -0.15) is 0 Å². The van der Waals surface area contributed by atoms with Crippen LogP contribution in [0.15, 0.2) is 48.5 Å². The maximum atomic E-state index is 13.6. The first kappa shape index (κ1) is 17.5. The van der Waals surface area contributed by atoms with E-state index >= 15 is 0 Å². The number of thiocarbonyl (C=S) groups is 1. The Morgan fingerprint density at radius 2 is 1.76 bits per heavy atom. The summed E-state index contributed by atoms with van der Waals surface area (Å²) in [6, 6.07) is 12.8. The van der Waals surface area contributed by atoms with Gasteiger partial charge in [-0.1, -0.05) is 31.3 Å². The van der Waals surface area contributed by atoms with Crippen LogP contribution in [0.2, 0.25) is 0 Å². The molecule has 0 atom stereocenters. The maximum Gasteiger partial charge on any atom is 0.346 e. The number of ether oxygens (including phenoxy) is 1. The van der Waals surface area contributed by atoms with E-state index in [1.54, 1.807) is 18.2 Å². The first-order valence-electron chi connectivity index (χ1n) is 8.40. The molecule has 0 radical (unpaired) electrons. The summed E-state index contributed by atoms with van der Waals surface area (Å²) < 4.78 is 18.9. The predicted molar refractivity (Wildman–Crippen MR) is 99.5 cm³/mol. The van der Waals surface area contributed by atoms with E-state index < -0.39 is 11.8 Å². The molecule has 1 saturated heterocycles. The van der Waals surface area contributed by atoms with Gasteiger partial charge in [0.1, 0.15) is 16.6 Å². The molecule has 25 heavy (non-hydrogen) atoms. The number of likely N-dealkylation sites (tertiary alicyclic amines) is 1. The second kappa shape index (κ2) is 7.74. The van der Waals surface area contributed by atoms with Crippen LogP contribution < -0.4 is 4.74 Å². The molecule has 0 bridgehead atoms. The molecule has 1 aliphatic rings. The molecule has 3 nitrogen and oxygen atoms in total. The Hall–Kier alpha value is -2.27. The Morgan fingerprint density at radius 3 is 2.40 bits per heavy atom. The molecule has 0 spiro atoms. The fraction of sp³-hybridized carbons (Fsp3) is 0.300. The van der Waals surface area contributed by atoms with Crippen molar-refractivity contribution in [3.05, 3.63) is 65.5 Å². The number of esters is 1. The number of carbonyl (C=O) groups excluding carboxylic acids is 1. The molecule has 2 aromatic carbocycles. The largest absolute Gasteiger partial charge is 0.423 e. The summed E-state index contributed by atoms with van der Waals surface area (Å²) in [6.45, 7) is 4.22. The molecule has 2 aromatic rings.